The Bertz CT molecular complexity index is 1250. The van der Waals surface area contributed by atoms with Crippen molar-refractivity contribution in [3.8, 4) is 6.07 Å². The molecule has 0 bridgehead atoms. The van der Waals surface area contributed by atoms with Crippen molar-refractivity contribution in [3.63, 3.8) is 0 Å². The minimum absolute atomic E-state index is 0.00822. The van der Waals surface area contributed by atoms with Gasteiger partial charge in [-0.3, -0.25) is 9.69 Å². The summed E-state index contributed by atoms with van der Waals surface area (Å²) in [6, 6.07) is 13.9. The number of nitrogens with one attached hydrogen (secondary N) is 1. The Balaban J connectivity index is 1.35. The van der Waals surface area contributed by atoms with E-state index < -0.39 is 10.0 Å². The van der Waals surface area contributed by atoms with Gasteiger partial charge >= 0.3 is 0 Å². The number of carbonyl (C=O) groups is 1. The van der Waals surface area contributed by atoms with Crippen LogP contribution in [0.2, 0.25) is 0 Å². The highest BCUT2D eigenvalue weighted by atomic mass is 32.2. The molecular formula is C22H23N5O3S. The van der Waals surface area contributed by atoms with Crippen LogP contribution in [0.5, 0.6) is 0 Å². The standard InChI is InChI=1S/C22H23N5O3S/c23-13-20-17(15-27-10-2-1-3-21(20)27)14-26-11-8-16(9-12-26)22(28)25-18-4-6-19(7-5-18)31(24,29)30/h1-7,10,15-16H,8-9,11-12,14H2,(H,25,28)(H2,24,29,30). The number of amides is 1. The molecule has 3 aromatic rings. The highest BCUT2D eigenvalue weighted by Gasteiger charge is 2.26. The maximum atomic E-state index is 12.6. The van der Waals surface area contributed by atoms with Crippen LogP contribution in [0.3, 0.4) is 0 Å². The molecule has 2 aromatic heterocycles. The summed E-state index contributed by atoms with van der Waals surface area (Å²) < 4.78 is 24.6. The van der Waals surface area contributed by atoms with Crippen LogP contribution in [0.15, 0.2) is 59.8 Å². The minimum atomic E-state index is -3.75. The molecule has 0 radical (unpaired) electrons. The second-order valence-electron chi connectivity index (χ2n) is 7.74. The van der Waals surface area contributed by atoms with Crippen LogP contribution in [0.25, 0.3) is 5.52 Å². The first kappa shape index (κ1) is 21.1. The molecule has 1 amide bonds. The van der Waals surface area contributed by atoms with Crippen molar-refractivity contribution >= 4 is 27.1 Å². The molecular weight excluding hydrogens is 414 g/mol. The summed E-state index contributed by atoms with van der Waals surface area (Å²) in [5, 5.41) is 17.5. The van der Waals surface area contributed by atoms with Gasteiger partial charge in [-0.25, -0.2) is 13.6 Å². The summed E-state index contributed by atoms with van der Waals surface area (Å²) in [6.07, 6.45) is 5.37. The molecule has 0 unspecified atom stereocenters. The number of nitriles is 1. The summed E-state index contributed by atoms with van der Waals surface area (Å²) in [6.45, 7) is 2.20. The molecule has 3 heterocycles. The van der Waals surface area contributed by atoms with E-state index in [4.69, 9.17) is 5.14 Å². The highest BCUT2D eigenvalue weighted by Crippen LogP contribution is 2.24. The van der Waals surface area contributed by atoms with E-state index in [-0.39, 0.29) is 16.7 Å². The van der Waals surface area contributed by atoms with Crippen molar-refractivity contribution < 1.29 is 13.2 Å². The number of hydrogen-bond donors (Lipinski definition) is 2. The van der Waals surface area contributed by atoms with Gasteiger partial charge in [-0.15, -0.1) is 0 Å². The number of likely N-dealkylation sites (tertiary alicyclic amines) is 1. The smallest absolute Gasteiger partial charge is 0.238 e. The van der Waals surface area contributed by atoms with Gasteiger partial charge in [0.2, 0.25) is 15.9 Å². The fraction of sp³-hybridized carbons (Fsp3) is 0.273. The second-order valence-corrected chi connectivity index (χ2v) is 9.30. The number of anilines is 1. The lowest BCUT2D eigenvalue weighted by atomic mass is 9.95. The number of fused-ring (bicyclic) bond motifs is 1. The van der Waals surface area contributed by atoms with E-state index in [0.717, 1.165) is 37.0 Å². The average Bonchev–Trinajstić information content (AvgIpc) is 3.11. The lowest BCUT2D eigenvalue weighted by Crippen LogP contribution is -2.37. The Morgan fingerprint density at radius 3 is 2.52 bits per heavy atom. The summed E-state index contributed by atoms with van der Waals surface area (Å²) in [4.78, 5) is 14.9. The molecule has 9 heteroatoms. The maximum absolute atomic E-state index is 12.6. The van der Waals surface area contributed by atoms with E-state index in [9.17, 15) is 18.5 Å². The van der Waals surface area contributed by atoms with Gasteiger partial charge in [-0.1, -0.05) is 6.07 Å². The molecule has 8 nitrogen and oxygen atoms in total. The van der Waals surface area contributed by atoms with Crippen LogP contribution in [0.1, 0.15) is 24.0 Å². The van der Waals surface area contributed by atoms with Gasteiger partial charge in [0.1, 0.15) is 6.07 Å². The fourth-order valence-electron chi connectivity index (χ4n) is 3.99. The van der Waals surface area contributed by atoms with E-state index in [2.05, 4.69) is 16.3 Å². The van der Waals surface area contributed by atoms with Gasteiger partial charge in [-0.05, 0) is 62.3 Å². The molecule has 1 aliphatic rings. The number of piperidine rings is 1. The molecule has 1 aromatic carbocycles. The monoisotopic (exact) mass is 437 g/mol. The van der Waals surface area contributed by atoms with Crippen molar-refractivity contribution in [2.75, 3.05) is 18.4 Å². The number of nitrogens with zero attached hydrogens (tertiary/aromatic N) is 3. The molecule has 0 aliphatic carbocycles. The molecule has 1 aliphatic heterocycles. The molecule has 31 heavy (non-hydrogen) atoms. The van der Waals surface area contributed by atoms with E-state index in [0.29, 0.717) is 17.8 Å². The normalized spacial score (nSPS) is 15.6. The Labute approximate surface area is 180 Å². The number of benzene rings is 1. The van der Waals surface area contributed by atoms with Gasteiger partial charge in [-0.2, -0.15) is 5.26 Å². The van der Waals surface area contributed by atoms with E-state index >= 15 is 0 Å². The zero-order chi connectivity index (χ0) is 22.0. The second kappa shape index (κ2) is 8.51. The predicted octanol–water partition coefficient (Wildman–Crippen LogP) is 2.31. The molecule has 0 atom stereocenters. The largest absolute Gasteiger partial charge is 0.326 e. The molecule has 3 N–H and O–H groups in total. The number of hydrogen-bond acceptors (Lipinski definition) is 5. The molecule has 1 saturated heterocycles. The van der Waals surface area contributed by atoms with E-state index in [1.807, 2.05) is 35.0 Å². The summed E-state index contributed by atoms with van der Waals surface area (Å²) in [5.41, 5.74) is 3.14. The number of nitrogens with two attached hydrogens (primary N) is 1. The first-order valence-corrected chi connectivity index (χ1v) is 11.5. The quantitative estimate of drug-likeness (QED) is 0.634. The topological polar surface area (TPSA) is 121 Å². The molecule has 0 saturated carbocycles. The van der Waals surface area contributed by atoms with Crippen molar-refractivity contribution in [2.24, 2.45) is 11.1 Å². The summed E-state index contributed by atoms with van der Waals surface area (Å²) >= 11 is 0. The number of primary sulfonamides is 1. The van der Waals surface area contributed by atoms with Crippen LogP contribution in [-0.4, -0.2) is 36.7 Å². The third-order valence-corrected chi connectivity index (χ3v) is 6.61. The molecule has 0 spiro atoms. The van der Waals surface area contributed by atoms with Crippen LogP contribution in [0.4, 0.5) is 5.69 Å². The number of pyridine rings is 1. The Morgan fingerprint density at radius 2 is 1.87 bits per heavy atom. The molecule has 160 valence electrons. The van der Waals surface area contributed by atoms with Crippen LogP contribution in [0, 0.1) is 17.2 Å². The number of carbonyl (C=O) groups excluding carboxylic acids is 1. The van der Waals surface area contributed by atoms with Crippen molar-refractivity contribution in [2.45, 2.75) is 24.3 Å². The van der Waals surface area contributed by atoms with Crippen molar-refractivity contribution in [1.82, 2.24) is 9.30 Å². The summed E-state index contributed by atoms with van der Waals surface area (Å²) in [5.74, 6) is -0.187. The van der Waals surface area contributed by atoms with Crippen LogP contribution >= 0.6 is 0 Å². The van der Waals surface area contributed by atoms with Crippen LogP contribution < -0.4 is 10.5 Å². The Morgan fingerprint density at radius 1 is 1.16 bits per heavy atom. The van der Waals surface area contributed by atoms with Gasteiger partial charge in [0.05, 0.1) is 16.0 Å². The summed E-state index contributed by atoms with van der Waals surface area (Å²) in [7, 11) is -3.75. The fourth-order valence-corrected chi connectivity index (χ4v) is 4.51. The lowest BCUT2D eigenvalue weighted by Gasteiger charge is -2.31. The van der Waals surface area contributed by atoms with Crippen LogP contribution in [-0.2, 0) is 21.4 Å². The predicted molar refractivity (Wildman–Crippen MR) is 117 cm³/mol. The van der Waals surface area contributed by atoms with E-state index in [1.165, 1.54) is 24.3 Å². The van der Waals surface area contributed by atoms with Gasteiger partial charge in [0.25, 0.3) is 0 Å². The number of sulfonamides is 1. The van der Waals surface area contributed by atoms with Gasteiger partial charge in [0, 0.05) is 36.1 Å². The number of aromatic nitrogens is 1. The third-order valence-electron chi connectivity index (χ3n) is 5.68. The Kier molecular flexibility index (Phi) is 5.78. The molecule has 1 fully saturated rings. The molecule has 4 rings (SSSR count). The zero-order valence-electron chi connectivity index (χ0n) is 16.9. The van der Waals surface area contributed by atoms with E-state index in [1.54, 1.807) is 0 Å². The Hall–Kier alpha value is -3.19. The maximum Gasteiger partial charge on any atom is 0.238 e. The average molecular weight is 438 g/mol. The first-order valence-electron chi connectivity index (χ1n) is 10.00. The van der Waals surface area contributed by atoms with Gasteiger partial charge < -0.3 is 9.72 Å². The highest BCUT2D eigenvalue weighted by molar-refractivity contribution is 7.89. The first-order chi connectivity index (χ1) is 14.8. The SMILES string of the molecule is N#Cc1c(CN2CCC(C(=O)Nc3ccc(S(N)(=O)=O)cc3)CC2)cn2ccccc12. The lowest BCUT2D eigenvalue weighted by molar-refractivity contribution is -0.121. The zero-order valence-corrected chi connectivity index (χ0v) is 17.7. The van der Waals surface area contributed by atoms with Gasteiger partial charge in [0.15, 0.2) is 0 Å². The van der Waals surface area contributed by atoms with Crippen molar-refractivity contribution in [1.29, 1.82) is 5.26 Å². The van der Waals surface area contributed by atoms with Crippen molar-refractivity contribution in [3.05, 3.63) is 66.0 Å². The third kappa shape index (κ3) is 4.61. The number of rotatable bonds is 5. The minimum Gasteiger partial charge on any atom is -0.326 e.